The SMILES string of the molecule is COc1ccc(-c2cc(C(=O)N3CCN(c4cccc(Cl)c4)CC3)n(-c3cccc(Cl)c3)n2)c(OC)c1. The Kier molecular flexibility index (Phi) is 7.26. The summed E-state index contributed by atoms with van der Waals surface area (Å²) in [5.74, 6) is 1.17. The third kappa shape index (κ3) is 5.24. The van der Waals surface area contributed by atoms with Crippen LogP contribution in [0.4, 0.5) is 5.69 Å². The number of hydrogen-bond donors (Lipinski definition) is 0. The average molecular weight is 537 g/mol. The maximum atomic E-state index is 13.8. The number of amides is 1. The number of carbonyl (C=O) groups is 1. The molecule has 1 saturated heterocycles. The number of benzene rings is 3. The summed E-state index contributed by atoms with van der Waals surface area (Å²) in [6.45, 7) is 2.56. The highest BCUT2D eigenvalue weighted by molar-refractivity contribution is 6.31. The molecule has 7 nitrogen and oxygen atoms in total. The molecule has 0 saturated carbocycles. The molecule has 1 aliphatic rings. The second kappa shape index (κ2) is 10.7. The number of nitrogens with zero attached hydrogens (tertiary/aromatic N) is 4. The van der Waals surface area contributed by atoms with Crippen LogP contribution in [0.5, 0.6) is 11.5 Å². The molecule has 0 atom stereocenters. The van der Waals surface area contributed by atoms with Gasteiger partial charge in [0.15, 0.2) is 0 Å². The van der Waals surface area contributed by atoms with E-state index in [1.807, 2.05) is 53.4 Å². The van der Waals surface area contributed by atoms with Gasteiger partial charge in [-0.2, -0.15) is 5.10 Å². The smallest absolute Gasteiger partial charge is 0.272 e. The molecular formula is C28H26Cl2N4O3. The minimum Gasteiger partial charge on any atom is -0.497 e. The normalized spacial score (nSPS) is 13.5. The van der Waals surface area contributed by atoms with Crippen molar-refractivity contribution in [2.24, 2.45) is 0 Å². The van der Waals surface area contributed by atoms with Crippen LogP contribution >= 0.6 is 23.2 Å². The van der Waals surface area contributed by atoms with Crippen molar-refractivity contribution in [2.75, 3.05) is 45.3 Å². The van der Waals surface area contributed by atoms with Crippen LogP contribution in [0, 0.1) is 0 Å². The van der Waals surface area contributed by atoms with E-state index in [-0.39, 0.29) is 5.91 Å². The van der Waals surface area contributed by atoms with E-state index in [0.29, 0.717) is 64.8 Å². The Morgan fingerprint density at radius 2 is 1.49 bits per heavy atom. The number of piperazine rings is 1. The zero-order valence-corrected chi connectivity index (χ0v) is 22.0. The Hall–Kier alpha value is -3.68. The molecule has 5 rings (SSSR count). The summed E-state index contributed by atoms with van der Waals surface area (Å²) in [6.07, 6.45) is 0. The van der Waals surface area contributed by atoms with Crippen LogP contribution in [-0.2, 0) is 0 Å². The van der Waals surface area contributed by atoms with Gasteiger partial charge in [0.25, 0.3) is 5.91 Å². The molecule has 3 aromatic carbocycles. The molecular weight excluding hydrogens is 511 g/mol. The first kappa shape index (κ1) is 25.0. The first-order valence-corrected chi connectivity index (χ1v) is 12.6. The van der Waals surface area contributed by atoms with Crippen LogP contribution in [0.25, 0.3) is 16.9 Å². The molecule has 0 bridgehead atoms. The first-order valence-electron chi connectivity index (χ1n) is 11.8. The van der Waals surface area contributed by atoms with Crippen LogP contribution in [0.15, 0.2) is 72.8 Å². The molecule has 0 spiro atoms. The fourth-order valence-electron chi connectivity index (χ4n) is 4.48. The lowest BCUT2D eigenvalue weighted by Crippen LogP contribution is -2.49. The largest absolute Gasteiger partial charge is 0.497 e. The zero-order valence-electron chi connectivity index (χ0n) is 20.5. The molecule has 190 valence electrons. The summed E-state index contributed by atoms with van der Waals surface area (Å²) in [4.78, 5) is 17.9. The molecule has 1 aliphatic heterocycles. The molecule has 1 aromatic heterocycles. The van der Waals surface area contributed by atoms with Crippen LogP contribution in [0.3, 0.4) is 0 Å². The second-order valence-electron chi connectivity index (χ2n) is 8.63. The summed E-state index contributed by atoms with van der Waals surface area (Å²) < 4.78 is 12.6. The molecule has 9 heteroatoms. The van der Waals surface area contributed by atoms with Crippen molar-refractivity contribution in [3.63, 3.8) is 0 Å². The number of aromatic nitrogens is 2. The highest BCUT2D eigenvalue weighted by Gasteiger charge is 2.27. The van der Waals surface area contributed by atoms with Crippen molar-refractivity contribution in [3.8, 4) is 28.4 Å². The van der Waals surface area contributed by atoms with Gasteiger partial charge in [0.1, 0.15) is 17.2 Å². The van der Waals surface area contributed by atoms with Crippen molar-refractivity contribution >= 4 is 34.8 Å². The highest BCUT2D eigenvalue weighted by atomic mass is 35.5. The third-order valence-electron chi connectivity index (χ3n) is 6.41. The zero-order chi connectivity index (χ0) is 25.9. The van der Waals surface area contributed by atoms with E-state index in [1.165, 1.54) is 0 Å². The van der Waals surface area contributed by atoms with Crippen LogP contribution < -0.4 is 14.4 Å². The lowest BCUT2D eigenvalue weighted by atomic mass is 10.1. The number of ether oxygens (including phenoxy) is 2. The maximum Gasteiger partial charge on any atom is 0.272 e. The summed E-state index contributed by atoms with van der Waals surface area (Å²) >= 11 is 12.5. The molecule has 0 radical (unpaired) electrons. The van der Waals surface area contributed by atoms with E-state index >= 15 is 0 Å². The van der Waals surface area contributed by atoms with Gasteiger partial charge in [-0.25, -0.2) is 4.68 Å². The summed E-state index contributed by atoms with van der Waals surface area (Å²) in [7, 11) is 3.20. The monoisotopic (exact) mass is 536 g/mol. The minimum atomic E-state index is -0.100. The summed E-state index contributed by atoms with van der Waals surface area (Å²) in [5.41, 5.74) is 3.57. The minimum absolute atomic E-state index is 0.100. The first-order chi connectivity index (χ1) is 18.0. The van der Waals surface area contributed by atoms with E-state index in [9.17, 15) is 4.79 Å². The van der Waals surface area contributed by atoms with Gasteiger partial charge in [-0.3, -0.25) is 4.79 Å². The molecule has 0 unspecified atom stereocenters. The van der Waals surface area contributed by atoms with Gasteiger partial charge in [-0.05, 0) is 54.6 Å². The van der Waals surface area contributed by atoms with Gasteiger partial charge in [-0.1, -0.05) is 35.3 Å². The molecule has 1 fully saturated rings. The second-order valence-corrected chi connectivity index (χ2v) is 9.50. The number of hydrogen-bond acceptors (Lipinski definition) is 5. The molecule has 2 heterocycles. The molecule has 0 N–H and O–H groups in total. The van der Waals surface area contributed by atoms with Crippen molar-refractivity contribution in [2.45, 2.75) is 0 Å². The Bertz CT molecular complexity index is 1430. The number of halogens is 2. The van der Waals surface area contributed by atoms with Crippen molar-refractivity contribution in [1.82, 2.24) is 14.7 Å². The Morgan fingerprint density at radius 3 is 2.14 bits per heavy atom. The van der Waals surface area contributed by atoms with E-state index in [2.05, 4.69) is 4.90 Å². The Balaban J connectivity index is 1.47. The molecule has 4 aromatic rings. The third-order valence-corrected chi connectivity index (χ3v) is 6.88. The molecule has 0 aliphatic carbocycles. The van der Waals surface area contributed by atoms with Crippen LogP contribution in [0.2, 0.25) is 10.0 Å². The molecule has 37 heavy (non-hydrogen) atoms. The quantitative estimate of drug-likeness (QED) is 0.310. The predicted molar refractivity (Wildman–Crippen MR) is 147 cm³/mol. The summed E-state index contributed by atoms with van der Waals surface area (Å²) in [5, 5.41) is 6.07. The van der Waals surface area contributed by atoms with Crippen LogP contribution in [0.1, 0.15) is 10.5 Å². The number of anilines is 1. The Morgan fingerprint density at radius 1 is 0.811 bits per heavy atom. The van der Waals surface area contributed by atoms with Gasteiger partial charge < -0.3 is 19.3 Å². The number of rotatable bonds is 6. The summed E-state index contributed by atoms with van der Waals surface area (Å²) in [6, 6.07) is 22.4. The van der Waals surface area contributed by atoms with Crippen LogP contribution in [-0.4, -0.2) is 61.0 Å². The lowest BCUT2D eigenvalue weighted by molar-refractivity contribution is 0.0737. The van der Waals surface area contributed by atoms with Crippen molar-refractivity contribution < 1.29 is 14.3 Å². The fraction of sp³-hybridized carbons (Fsp3) is 0.214. The number of methoxy groups -OCH3 is 2. The van der Waals surface area contributed by atoms with Gasteiger partial charge in [-0.15, -0.1) is 0 Å². The highest BCUT2D eigenvalue weighted by Crippen LogP contribution is 2.34. The average Bonchev–Trinajstić information content (AvgIpc) is 3.37. The van der Waals surface area contributed by atoms with Crippen molar-refractivity contribution in [3.05, 3.63) is 88.5 Å². The Labute approximate surface area is 225 Å². The molecule has 1 amide bonds. The topological polar surface area (TPSA) is 59.8 Å². The van der Waals surface area contributed by atoms with E-state index < -0.39 is 0 Å². The maximum absolute atomic E-state index is 13.8. The van der Waals surface area contributed by atoms with Gasteiger partial charge >= 0.3 is 0 Å². The van der Waals surface area contributed by atoms with Gasteiger partial charge in [0.2, 0.25) is 0 Å². The van der Waals surface area contributed by atoms with E-state index in [4.69, 9.17) is 37.8 Å². The fourth-order valence-corrected chi connectivity index (χ4v) is 4.85. The standard InChI is InChI=1S/C28H26Cl2N4O3/c1-36-23-9-10-24(27(17-23)37-2)25-18-26(34(31-25)22-8-4-6-20(30)16-22)28(35)33-13-11-32(12-14-33)21-7-3-5-19(29)15-21/h3-10,15-18H,11-14H2,1-2H3. The number of carbonyl (C=O) groups excluding carboxylic acids is 1. The lowest BCUT2D eigenvalue weighted by Gasteiger charge is -2.36. The van der Waals surface area contributed by atoms with E-state index in [0.717, 1.165) is 11.3 Å². The van der Waals surface area contributed by atoms with E-state index in [1.54, 1.807) is 43.2 Å². The van der Waals surface area contributed by atoms with Gasteiger partial charge in [0.05, 0.1) is 25.6 Å². The predicted octanol–water partition coefficient (Wildman–Crippen LogP) is 5.83. The van der Waals surface area contributed by atoms with Crippen molar-refractivity contribution in [1.29, 1.82) is 0 Å². The van der Waals surface area contributed by atoms with Gasteiger partial charge in [0, 0.05) is 53.5 Å².